The van der Waals surface area contributed by atoms with Crippen molar-refractivity contribution in [1.82, 2.24) is 4.90 Å². The van der Waals surface area contributed by atoms with Gasteiger partial charge in [0.2, 0.25) is 0 Å². The number of hydrogen-bond acceptors (Lipinski definition) is 1. The Hall–Kier alpha value is -0.480. The van der Waals surface area contributed by atoms with E-state index < -0.39 is 0 Å². The molecule has 0 unspecified atom stereocenters. The van der Waals surface area contributed by atoms with Gasteiger partial charge in [-0.25, -0.2) is 0 Å². The van der Waals surface area contributed by atoms with Crippen LogP contribution in [0.4, 0.5) is 0 Å². The van der Waals surface area contributed by atoms with Gasteiger partial charge in [-0.2, -0.15) is 0 Å². The summed E-state index contributed by atoms with van der Waals surface area (Å²) in [4.78, 5) is 2.39. The molecule has 0 N–H and O–H groups in total. The molecule has 0 aromatic rings. The van der Waals surface area contributed by atoms with Crippen molar-refractivity contribution in [1.29, 1.82) is 0 Å². The first-order valence-corrected chi connectivity index (χ1v) is 4.83. The highest BCUT2D eigenvalue weighted by molar-refractivity contribution is 5.08. The topological polar surface area (TPSA) is 3.24 Å². The molecule has 1 heteroatoms. The van der Waals surface area contributed by atoms with Crippen LogP contribution in [0.3, 0.4) is 0 Å². The van der Waals surface area contributed by atoms with E-state index in [9.17, 15) is 0 Å². The van der Waals surface area contributed by atoms with Crippen LogP contribution in [0.15, 0.2) is 0 Å². The van der Waals surface area contributed by atoms with Gasteiger partial charge in [0, 0.05) is 6.54 Å². The van der Waals surface area contributed by atoms with Gasteiger partial charge in [0.1, 0.15) is 0 Å². The van der Waals surface area contributed by atoms with Crippen LogP contribution in [0.5, 0.6) is 0 Å². The van der Waals surface area contributed by atoms with Crippen LogP contribution in [-0.4, -0.2) is 23.5 Å². The molecule has 1 nitrogen and oxygen atoms in total. The first-order chi connectivity index (χ1) is 5.60. The molecule has 0 radical (unpaired) electrons. The van der Waals surface area contributed by atoms with Crippen LogP contribution in [-0.2, 0) is 0 Å². The highest BCUT2D eigenvalue weighted by Gasteiger charge is 2.30. The predicted octanol–water partition coefficient (Wildman–Crippen LogP) is 2.13. The Balaban J connectivity index is 2.48. The van der Waals surface area contributed by atoms with Crippen molar-refractivity contribution in [2.24, 2.45) is 5.92 Å². The van der Waals surface area contributed by atoms with Gasteiger partial charge >= 0.3 is 0 Å². The summed E-state index contributed by atoms with van der Waals surface area (Å²) in [6, 6.07) is 0. The molecule has 0 atom stereocenters. The molecule has 0 aromatic heterocycles. The second-order valence-corrected chi connectivity index (χ2v) is 4.19. The third-order valence-corrected chi connectivity index (χ3v) is 2.70. The Kier molecular flexibility index (Phi) is 2.80. The highest BCUT2D eigenvalue weighted by Crippen LogP contribution is 2.31. The zero-order chi connectivity index (χ0) is 9.19. The normalized spacial score (nSPS) is 17.9. The Bertz CT molecular complexity index is 184. The summed E-state index contributed by atoms with van der Waals surface area (Å²) in [5, 5.41) is 0. The van der Waals surface area contributed by atoms with E-state index in [-0.39, 0.29) is 5.54 Å². The minimum Gasteiger partial charge on any atom is -0.288 e. The van der Waals surface area contributed by atoms with Crippen LogP contribution in [0.25, 0.3) is 0 Å². The van der Waals surface area contributed by atoms with Gasteiger partial charge in [0.05, 0.1) is 5.54 Å². The Labute approximate surface area is 76.1 Å². The number of rotatable bonds is 4. The molecule has 0 aliphatic heterocycles. The summed E-state index contributed by atoms with van der Waals surface area (Å²) in [6.07, 6.45) is 8.29. The van der Waals surface area contributed by atoms with Crippen molar-refractivity contribution >= 4 is 0 Å². The third-order valence-electron chi connectivity index (χ3n) is 2.70. The second kappa shape index (κ2) is 3.49. The van der Waals surface area contributed by atoms with Crippen molar-refractivity contribution in [3.63, 3.8) is 0 Å². The van der Waals surface area contributed by atoms with E-state index in [0.717, 1.165) is 12.5 Å². The van der Waals surface area contributed by atoms with E-state index in [0.29, 0.717) is 0 Å². The zero-order valence-corrected chi connectivity index (χ0v) is 8.43. The molecule has 1 rings (SSSR count). The SMILES string of the molecule is C#CC(C)(C)N(CC)CC1CC1. The molecule has 0 bridgehead atoms. The molecule has 1 aliphatic carbocycles. The van der Waals surface area contributed by atoms with E-state index in [1.54, 1.807) is 0 Å². The fourth-order valence-electron chi connectivity index (χ4n) is 1.46. The fourth-order valence-corrected chi connectivity index (χ4v) is 1.46. The summed E-state index contributed by atoms with van der Waals surface area (Å²) in [7, 11) is 0. The molecule has 1 fully saturated rings. The minimum atomic E-state index is -0.0582. The van der Waals surface area contributed by atoms with Gasteiger partial charge in [-0.1, -0.05) is 12.8 Å². The Morgan fingerprint density at radius 2 is 2.08 bits per heavy atom. The molecule has 12 heavy (non-hydrogen) atoms. The van der Waals surface area contributed by atoms with Gasteiger partial charge in [-0.3, -0.25) is 4.90 Å². The van der Waals surface area contributed by atoms with Crippen molar-refractivity contribution in [2.75, 3.05) is 13.1 Å². The maximum Gasteiger partial charge on any atom is 0.0766 e. The lowest BCUT2D eigenvalue weighted by Gasteiger charge is -2.33. The predicted molar refractivity (Wildman–Crippen MR) is 52.9 cm³/mol. The average molecular weight is 165 g/mol. The van der Waals surface area contributed by atoms with Crippen LogP contribution in [0.1, 0.15) is 33.6 Å². The first-order valence-electron chi connectivity index (χ1n) is 4.83. The molecule has 0 heterocycles. The smallest absolute Gasteiger partial charge is 0.0766 e. The molecule has 68 valence electrons. The lowest BCUT2D eigenvalue weighted by Crippen LogP contribution is -2.43. The van der Waals surface area contributed by atoms with Crippen molar-refractivity contribution in [2.45, 2.75) is 39.2 Å². The maximum atomic E-state index is 5.49. The summed E-state index contributed by atoms with van der Waals surface area (Å²) >= 11 is 0. The number of nitrogens with zero attached hydrogens (tertiary/aromatic N) is 1. The van der Waals surface area contributed by atoms with Gasteiger partial charge in [0.25, 0.3) is 0 Å². The van der Waals surface area contributed by atoms with E-state index in [1.807, 2.05) is 0 Å². The molecule has 1 aliphatic rings. The summed E-state index contributed by atoms with van der Waals surface area (Å²) < 4.78 is 0. The maximum absolute atomic E-state index is 5.49. The van der Waals surface area contributed by atoms with Gasteiger partial charge in [-0.05, 0) is 39.2 Å². The minimum absolute atomic E-state index is 0.0582. The van der Waals surface area contributed by atoms with Crippen molar-refractivity contribution in [3.8, 4) is 12.3 Å². The first kappa shape index (κ1) is 9.61. The van der Waals surface area contributed by atoms with Crippen LogP contribution < -0.4 is 0 Å². The fraction of sp³-hybridized carbons (Fsp3) is 0.818. The summed E-state index contributed by atoms with van der Waals surface area (Å²) in [5.41, 5.74) is -0.0582. The monoisotopic (exact) mass is 165 g/mol. The number of hydrogen-bond donors (Lipinski definition) is 0. The number of terminal acetylenes is 1. The molecule has 1 saturated carbocycles. The standard InChI is InChI=1S/C11H19N/c1-5-11(3,4)12(6-2)9-10-7-8-10/h1,10H,6-9H2,2-4H3. The average Bonchev–Trinajstić information content (AvgIpc) is 2.83. The third kappa shape index (κ3) is 2.25. The Morgan fingerprint density at radius 3 is 2.42 bits per heavy atom. The molecule has 0 saturated heterocycles. The van der Waals surface area contributed by atoms with E-state index in [1.165, 1.54) is 19.4 Å². The molecular weight excluding hydrogens is 146 g/mol. The van der Waals surface area contributed by atoms with E-state index >= 15 is 0 Å². The molecular formula is C11H19N. The van der Waals surface area contributed by atoms with Crippen molar-refractivity contribution < 1.29 is 0 Å². The quantitative estimate of drug-likeness (QED) is 0.577. The highest BCUT2D eigenvalue weighted by atomic mass is 15.2. The second-order valence-electron chi connectivity index (χ2n) is 4.19. The van der Waals surface area contributed by atoms with E-state index in [4.69, 9.17) is 6.42 Å². The van der Waals surface area contributed by atoms with Gasteiger partial charge in [0.15, 0.2) is 0 Å². The summed E-state index contributed by atoms with van der Waals surface area (Å²) in [5.74, 6) is 3.78. The zero-order valence-electron chi connectivity index (χ0n) is 8.43. The summed E-state index contributed by atoms with van der Waals surface area (Å²) in [6.45, 7) is 8.68. The van der Waals surface area contributed by atoms with E-state index in [2.05, 4.69) is 31.6 Å². The van der Waals surface area contributed by atoms with Crippen LogP contribution in [0.2, 0.25) is 0 Å². The molecule has 0 spiro atoms. The van der Waals surface area contributed by atoms with Crippen molar-refractivity contribution in [3.05, 3.63) is 0 Å². The van der Waals surface area contributed by atoms with Gasteiger partial charge in [-0.15, -0.1) is 6.42 Å². The molecule has 0 amide bonds. The van der Waals surface area contributed by atoms with Gasteiger partial charge < -0.3 is 0 Å². The largest absolute Gasteiger partial charge is 0.288 e. The van der Waals surface area contributed by atoms with Crippen LogP contribution >= 0.6 is 0 Å². The molecule has 0 aromatic carbocycles. The lowest BCUT2D eigenvalue weighted by molar-refractivity contribution is 0.171. The Morgan fingerprint density at radius 1 is 1.50 bits per heavy atom. The van der Waals surface area contributed by atoms with Crippen LogP contribution in [0, 0.1) is 18.3 Å². The lowest BCUT2D eigenvalue weighted by atomic mass is 10.0.